The molecule has 1 N–H and O–H groups in total. The van der Waals surface area contributed by atoms with Crippen LogP contribution < -0.4 is 10.2 Å². The van der Waals surface area contributed by atoms with E-state index < -0.39 is 0 Å². The Morgan fingerprint density at radius 1 is 1.40 bits per heavy atom. The van der Waals surface area contributed by atoms with Crippen molar-refractivity contribution in [1.29, 1.82) is 0 Å². The van der Waals surface area contributed by atoms with Crippen LogP contribution in [0.15, 0.2) is 0 Å². The fourth-order valence-electron chi connectivity index (χ4n) is 1.16. The SMILES string of the molecule is COCC[N+]1CCNCC1. The molecule has 1 heterocycles. The molecule has 1 aliphatic rings. The zero-order valence-corrected chi connectivity index (χ0v) is 6.60. The molecule has 0 saturated carbocycles. The second-order valence-electron chi connectivity index (χ2n) is 2.58. The van der Waals surface area contributed by atoms with Crippen molar-refractivity contribution in [3.63, 3.8) is 0 Å². The highest BCUT2D eigenvalue weighted by molar-refractivity contribution is 4.71. The van der Waals surface area contributed by atoms with E-state index in [-0.39, 0.29) is 0 Å². The molecule has 1 aliphatic heterocycles. The van der Waals surface area contributed by atoms with Gasteiger partial charge in [0.1, 0.15) is 19.6 Å². The van der Waals surface area contributed by atoms with Crippen molar-refractivity contribution in [2.45, 2.75) is 0 Å². The normalized spacial score (nSPS) is 21.3. The number of ether oxygens (including phenoxy) is 1. The van der Waals surface area contributed by atoms with Gasteiger partial charge in [0.15, 0.2) is 0 Å². The maximum atomic E-state index is 4.98. The first-order chi connectivity index (χ1) is 4.93. The largest absolute Gasteiger partial charge is 0.379 e. The predicted molar refractivity (Wildman–Crippen MR) is 41.5 cm³/mol. The van der Waals surface area contributed by atoms with Crippen LogP contribution in [0, 0.1) is 0 Å². The fraction of sp³-hybridized carbons (Fsp3) is 1.00. The van der Waals surface area contributed by atoms with Crippen LogP contribution in [-0.2, 0) is 4.74 Å². The summed E-state index contributed by atoms with van der Waals surface area (Å²) >= 11 is 0. The lowest BCUT2D eigenvalue weighted by Crippen LogP contribution is -2.48. The smallest absolute Gasteiger partial charge is 0.146 e. The average Bonchev–Trinajstić information content (AvgIpc) is 2.03. The van der Waals surface area contributed by atoms with Crippen LogP contribution in [0.2, 0.25) is 0 Å². The van der Waals surface area contributed by atoms with Gasteiger partial charge < -0.3 is 10.1 Å². The third kappa shape index (κ3) is 2.64. The standard InChI is InChI=1S/C7H16N2O/c1-10-7-6-9-4-2-8-3-5-9/h8H,2-7H2,1H3/q+1. The maximum absolute atomic E-state index is 4.98. The van der Waals surface area contributed by atoms with Crippen LogP contribution >= 0.6 is 0 Å². The number of rotatable bonds is 3. The molecule has 0 atom stereocenters. The third-order valence-corrected chi connectivity index (χ3v) is 1.82. The van der Waals surface area contributed by atoms with Crippen LogP contribution in [0.4, 0.5) is 0 Å². The van der Waals surface area contributed by atoms with Crippen molar-refractivity contribution < 1.29 is 4.74 Å². The van der Waals surface area contributed by atoms with Crippen molar-refractivity contribution in [2.24, 2.45) is 0 Å². The first kappa shape index (κ1) is 7.98. The van der Waals surface area contributed by atoms with Gasteiger partial charge in [-0.25, -0.2) is 0 Å². The summed E-state index contributed by atoms with van der Waals surface area (Å²) in [5, 5.41) is 3.31. The van der Waals surface area contributed by atoms with Crippen LogP contribution in [0.1, 0.15) is 0 Å². The summed E-state index contributed by atoms with van der Waals surface area (Å²) in [6, 6.07) is 0. The third-order valence-electron chi connectivity index (χ3n) is 1.82. The molecule has 0 aliphatic carbocycles. The highest BCUT2D eigenvalue weighted by Gasteiger charge is 2.16. The van der Waals surface area contributed by atoms with Crippen molar-refractivity contribution in [3.8, 4) is 0 Å². The molecular weight excluding hydrogens is 128 g/mol. The summed E-state index contributed by atoms with van der Waals surface area (Å²) in [5.74, 6) is 0. The maximum Gasteiger partial charge on any atom is 0.146 e. The predicted octanol–water partition coefficient (Wildman–Crippen LogP) is -0.624. The Morgan fingerprint density at radius 2 is 2.10 bits per heavy atom. The first-order valence-corrected chi connectivity index (χ1v) is 3.85. The molecule has 0 aromatic heterocycles. The molecule has 0 bridgehead atoms. The van der Waals surface area contributed by atoms with Gasteiger partial charge in [-0.1, -0.05) is 0 Å². The van der Waals surface area contributed by atoms with E-state index in [1.54, 1.807) is 7.11 Å². The monoisotopic (exact) mass is 144 g/mol. The van der Waals surface area contributed by atoms with E-state index in [0.717, 1.165) is 26.2 Å². The number of hydrogen-bond acceptors (Lipinski definition) is 3. The number of nitrogens with one attached hydrogen (secondary N) is 1. The summed E-state index contributed by atoms with van der Waals surface area (Å²) in [6.07, 6.45) is 0. The van der Waals surface area contributed by atoms with Crippen LogP contribution in [-0.4, -0.2) is 46.4 Å². The summed E-state index contributed by atoms with van der Waals surface area (Å²) < 4.78 is 4.98. The van der Waals surface area contributed by atoms with Gasteiger partial charge in [-0.15, -0.1) is 0 Å². The van der Waals surface area contributed by atoms with Gasteiger partial charge in [0.2, 0.25) is 0 Å². The molecule has 1 saturated heterocycles. The lowest BCUT2D eigenvalue weighted by Gasteiger charge is -2.17. The second-order valence-corrected chi connectivity index (χ2v) is 2.58. The number of piperazine rings is 1. The molecule has 0 aromatic rings. The van der Waals surface area contributed by atoms with Crippen molar-refractivity contribution >= 4 is 0 Å². The number of methoxy groups -OCH3 is 1. The van der Waals surface area contributed by atoms with Gasteiger partial charge in [-0.05, 0) is 0 Å². The minimum absolute atomic E-state index is 0.861. The highest BCUT2D eigenvalue weighted by Crippen LogP contribution is 1.86. The van der Waals surface area contributed by atoms with E-state index in [2.05, 4.69) is 10.2 Å². The summed E-state index contributed by atoms with van der Waals surface area (Å²) in [7, 11) is 1.75. The topological polar surface area (TPSA) is 27.2 Å². The van der Waals surface area contributed by atoms with E-state index in [0.29, 0.717) is 0 Å². The van der Waals surface area contributed by atoms with E-state index >= 15 is 0 Å². The quantitative estimate of drug-likeness (QED) is 0.534. The van der Waals surface area contributed by atoms with Crippen molar-refractivity contribution in [1.82, 2.24) is 10.2 Å². The highest BCUT2D eigenvalue weighted by atomic mass is 16.5. The molecule has 0 unspecified atom stereocenters. The van der Waals surface area contributed by atoms with Crippen molar-refractivity contribution in [2.75, 3.05) is 46.4 Å². The summed E-state index contributed by atoms with van der Waals surface area (Å²) in [6.45, 7) is 6.54. The molecular formula is C7H16N2O+. The van der Waals surface area contributed by atoms with Gasteiger partial charge >= 0.3 is 0 Å². The Morgan fingerprint density at radius 3 is 2.70 bits per heavy atom. The van der Waals surface area contributed by atoms with Crippen LogP contribution in [0.3, 0.4) is 0 Å². The van der Waals surface area contributed by atoms with Crippen LogP contribution in [0.5, 0.6) is 0 Å². The lowest BCUT2D eigenvalue weighted by molar-refractivity contribution is 0.175. The van der Waals surface area contributed by atoms with E-state index in [1.165, 1.54) is 13.1 Å². The summed E-state index contributed by atoms with van der Waals surface area (Å²) in [5.41, 5.74) is 0. The molecule has 1 fully saturated rings. The molecule has 1 rings (SSSR count). The minimum Gasteiger partial charge on any atom is -0.379 e. The lowest BCUT2D eigenvalue weighted by atomic mass is 10.4. The Kier molecular flexibility index (Phi) is 3.72. The number of hydrogen-bond donors (Lipinski definition) is 1. The zero-order chi connectivity index (χ0) is 7.23. The van der Waals surface area contributed by atoms with E-state index in [9.17, 15) is 0 Å². The van der Waals surface area contributed by atoms with Crippen molar-refractivity contribution in [3.05, 3.63) is 0 Å². The van der Waals surface area contributed by atoms with E-state index in [4.69, 9.17) is 4.74 Å². The molecule has 0 amide bonds. The molecule has 0 aromatic carbocycles. The molecule has 1 radical (unpaired) electrons. The van der Waals surface area contributed by atoms with Gasteiger partial charge in [0.05, 0.1) is 6.61 Å². The zero-order valence-electron chi connectivity index (χ0n) is 6.60. The van der Waals surface area contributed by atoms with Gasteiger partial charge in [-0.2, -0.15) is 4.90 Å². The molecule has 3 nitrogen and oxygen atoms in total. The fourth-order valence-corrected chi connectivity index (χ4v) is 1.16. The molecule has 3 heteroatoms. The van der Waals surface area contributed by atoms with Gasteiger partial charge in [0, 0.05) is 20.2 Å². The molecule has 10 heavy (non-hydrogen) atoms. The average molecular weight is 144 g/mol. The molecule has 59 valence electrons. The van der Waals surface area contributed by atoms with Gasteiger partial charge in [-0.3, -0.25) is 0 Å². The Bertz CT molecular complexity index is 81.7. The molecule has 0 spiro atoms. The Labute approximate surface area is 62.3 Å². The van der Waals surface area contributed by atoms with E-state index in [1.807, 2.05) is 0 Å². The Balaban J connectivity index is 2.02. The minimum atomic E-state index is 0.861. The second kappa shape index (κ2) is 4.66. The Hall–Kier alpha value is -0.120. The first-order valence-electron chi connectivity index (χ1n) is 3.85. The van der Waals surface area contributed by atoms with Crippen LogP contribution in [0.25, 0.3) is 0 Å². The number of nitrogens with zero attached hydrogens (tertiary/aromatic N) is 1. The summed E-state index contributed by atoms with van der Waals surface area (Å²) in [4.78, 5) is 2.42. The van der Waals surface area contributed by atoms with Gasteiger partial charge in [0.25, 0.3) is 0 Å².